The minimum atomic E-state index is -1.56. The van der Waals surface area contributed by atoms with Gasteiger partial charge in [-0.15, -0.1) is 11.3 Å². The summed E-state index contributed by atoms with van der Waals surface area (Å²) in [7, 11) is -1.56. The first-order chi connectivity index (χ1) is 33.2. The van der Waals surface area contributed by atoms with Crippen molar-refractivity contribution in [3.8, 4) is 11.1 Å². The van der Waals surface area contributed by atoms with E-state index < -0.39 is 8.07 Å². The van der Waals surface area contributed by atoms with Gasteiger partial charge in [-0.3, -0.25) is 0 Å². The van der Waals surface area contributed by atoms with E-state index in [2.05, 4.69) is 234 Å². The normalized spacial score (nSPS) is 20.4. The monoisotopic (exact) mass is 969 g/mol. The molecule has 2 aliphatic heterocycles. The molecule has 0 unspecified atom stereocenters. The maximum atomic E-state index is 2.78. The number of hydrogen-bond acceptors (Lipinski definition) is 3. The van der Waals surface area contributed by atoms with E-state index in [1.807, 2.05) is 0 Å². The Kier molecular flexibility index (Phi) is 10.1. The van der Waals surface area contributed by atoms with Crippen molar-refractivity contribution in [1.29, 1.82) is 0 Å². The van der Waals surface area contributed by atoms with Gasteiger partial charge in [0.2, 0.25) is 0 Å². The lowest BCUT2D eigenvalue weighted by molar-refractivity contribution is 0.332. The largest absolute Gasteiger partial charge is 0.311 e. The summed E-state index contributed by atoms with van der Waals surface area (Å²) in [4.78, 5) is 5.51. The van der Waals surface area contributed by atoms with Gasteiger partial charge < -0.3 is 9.80 Å². The molecular weight excluding hydrogens is 892 g/mol. The van der Waals surface area contributed by atoms with Crippen molar-refractivity contribution >= 4 is 91.2 Å². The molecule has 0 saturated carbocycles. The molecule has 0 radical (unpaired) electrons. The van der Waals surface area contributed by atoms with Gasteiger partial charge >= 0.3 is 0 Å². The predicted octanol–water partition coefficient (Wildman–Crippen LogP) is 16.6. The molecule has 1 aromatic heterocycles. The molecule has 0 bridgehead atoms. The highest BCUT2D eigenvalue weighted by molar-refractivity contribution is 7.33. The first kappa shape index (κ1) is 47.2. The predicted molar refractivity (Wildman–Crippen MR) is 315 cm³/mol. The molecule has 5 aliphatic rings. The average molecular weight is 969 g/mol. The van der Waals surface area contributed by atoms with Crippen molar-refractivity contribution in [1.82, 2.24) is 0 Å². The van der Waals surface area contributed by atoms with Crippen molar-refractivity contribution in [3.63, 3.8) is 0 Å². The van der Waals surface area contributed by atoms with E-state index in [1.165, 1.54) is 148 Å². The molecule has 0 spiro atoms. The van der Waals surface area contributed by atoms with E-state index in [9.17, 15) is 0 Å². The van der Waals surface area contributed by atoms with Gasteiger partial charge in [-0.05, 0) is 188 Å². The molecule has 0 amide bonds. The quantitative estimate of drug-likeness (QED) is 0.162. The van der Waals surface area contributed by atoms with Crippen molar-refractivity contribution in [2.75, 3.05) is 9.80 Å². The highest BCUT2D eigenvalue weighted by Gasteiger charge is 2.50. The molecule has 0 N–H and O–H groups in total. The van der Waals surface area contributed by atoms with Crippen LogP contribution in [0, 0.1) is 6.92 Å². The molecular formula is C66H77BN2SSi. The van der Waals surface area contributed by atoms with E-state index in [0.29, 0.717) is 0 Å². The van der Waals surface area contributed by atoms with E-state index in [0.717, 1.165) is 0 Å². The average Bonchev–Trinajstić information content (AvgIpc) is 3.68. The Hall–Kier alpha value is -4.84. The first-order valence-electron chi connectivity index (χ1n) is 27.1. The fraction of sp³-hybridized carbons (Fsp3) is 0.424. The minimum absolute atomic E-state index is 0.0387. The van der Waals surface area contributed by atoms with Crippen molar-refractivity contribution in [2.45, 2.75) is 181 Å². The summed E-state index contributed by atoms with van der Waals surface area (Å²) in [5.41, 5.74) is 24.3. The number of hydrogen-bond donors (Lipinski definition) is 0. The van der Waals surface area contributed by atoms with Crippen LogP contribution in [0.25, 0.3) is 21.2 Å². The maximum Gasteiger partial charge on any atom is 0.264 e. The first-order valence-corrected chi connectivity index (χ1v) is 31.4. The summed E-state index contributed by atoms with van der Waals surface area (Å²) in [6, 6.07) is 42.3. The summed E-state index contributed by atoms with van der Waals surface area (Å²) >= 11 is 2.08. The van der Waals surface area contributed by atoms with E-state index in [1.54, 1.807) is 5.56 Å². The van der Waals surface area contributed by atoms with Crippen molar-refractivity contribution < 1.29 is 0 Å². The molecule has 0 saturated heterocycles. The second kappa shape index (κ2) is 15.1. The number of thiophene rings is 1. The van der Waals surface area contributed by atoms with Crippen LogP contribution >= 0.6 is 11.3 Å². The van der Waals surface area contributed by atoms with Crippen LogP contribution in [-0.4, -0.2) is 14.8 Å². The van der Waals surface area contributed by atoms with Gasteiger partial charge in [0.1, 0.15) is 0 Å². The Labute approximate surface area is 432 Å². The molecule has 364 valence electrons. The Morgan fingerprint density at radius 1 is 0.479 bits per heavy atom. The third-order valence-corrected chi connectivity index (χ3v) is 22.3. The summed E-state index contributed by atoms with van der Waals surface area (Å²) in [5.74, 6) is 0. The van der Waals surface area contributed by atoms with Crippen LogP contribution < -0.4 is 30.7 Å². The molecule has 0 atom stereocenters. The fourth-order valence-corrected chi connectivity index (χ4v) is 16.5. The minimum Gasteiger partial charge on any atom is -0.311 e. The Morgan fingerprint density at radius 2 is 0.944 bits per heavy atom. The summed E-state index contributed by atoms with van der Waals surface area (Å²) < 4.78 is 2.90. The Bertz CT molecular complexity index is 3380. The highest BCUT2D eigenvalue weighted by Crippen LogP contribution is 2.57. The Morgan fingerprint density at radius 3 is 1.48 bits per heavy atom. The molecule has 7 aromatic rings. The third-order valence-electron chi connectivity index (χ3n) is 19.0. The molecule has 2 nitrogen and oxygen atoms in total. The molecule has 0 fully saturated rings. The van der Waals surface area contributed by atoms with Crippen LogP contribution in [0.4, 0.5) is 34.1 Å². The lowest BCUT2D eigenvalue weighted by atomic mass is 9.35. The fourth-order valence-electron chi connectivity index (χ4n) is 14.0. The molecule has 12 rings (SSSR count). The van der Waals surface area contributed by atoms with Gasteiger partial charge in [0.25, 0.3) is 6.71 Å². The van der Waals surface area contributed by atoms with Crippen LogP contribution in [0.5, 0.6) is 0 Å². The van der Waals surface area contributed by atoms with Gasteiger partial charge in [-0.25, -0.2) is 0 Å². The lowest BCUT2D eigenvalue weighted by Crippen LogP contribution is -2.61. The Balaban J connectivity index is 1.24. The number of benzene rings is 6. The third kappa shape index (κ3) is 7.04. The summed E-state index contributed by atoms with van der Waals surface area (Å²) in [6.07, 6.45) is 7.12. The van der Waals surface area contributed by atoms with Crippen LogP contribution in [0.3, 0.4) is 0 Å². The van der Waals surface area contributed by atoms with E-state index in [-0.39, 0.29) is 39.2 Å². The SMILES string of the molecule is Cc1cc2c3c(c1)N(c1ccc([Si](C)(C)C)cc1)c1c(sc4cc5c(cc14)C(C)(C)CCC5(C)C)B3c1cc3c(cc1N2c1cc2c(cc1-c1ccccc1)C(C)(C)CCC2(C)C)C(C)(C)CCC3(C)C. The summed E-state index contributed by atoms with van der Waals surface area (Å²) in [5, 5.41) is 2.91. The van der Waals surface area contributed by atoms with Gasteiger partial charge in [0.15, 0.2) is 0 Å². The van der Waals surface area contributed by atoms with Crippen LogP contribution in [0.15, 0.2) is 103 Å². The van der Waals surface area contributed by atoms with Gasteiger partial charge in [-0.1, -0.05) is 156 Å². The van der Waals surface area contributed by atoms with Crippen LogP contribution in [-0.2, 0) is 32.5 Å². The molecule has 3 aliphatic carbocycles. The number of anilines is 6. The standard InChI is InChI=1S/C66H77BN2SSi/c1-40-32-55-58-56(33-40)69(53-37-49-46(61(2,3)26-29-64(49,8)9)34-44(53)41-20-18-17-19-21-41)54-38-50-48(63(6,7)28-30-65(50,10)11)36-52(54)67(58)60-59(68(55)42-22-24-43(25-23-42)71(14,15)16)45-35-47-51(39-57(45)70-60)66(12,13)31-27-62(47,4)5/h17-25,32-39H,26-31H2,1-16H3. The van der Waals surface area contributed by atoms with Gasteiger partial charge in [0.05, 0.1) is 19.4 Å². The smallest absolute Gasteiger partial charge is 0.264 e. The molecule has 6 aromatic carbocycles. The number of rotatable bonds is 4. The van der Waals surface area contributed by atoms with Crippen molar-refractivity contribution in [2.24, 2.45) is 0 Å². The van der Waals surface area contributed by atoms with Crippen molar-refractivity contribution in [3.05, 3.63) is 142 Å². The zero-order valence-corrected chi connectivity index (χ0v) is 47.8. The summed E-state index contributed by atoms with van der Waals surface area (Å²) in [6.45, 7) is 39.8. The van der Waals surface area contributed by atoms with Gasteiger partial charge in [0, 0.05) is 43.2 Å². The molecule has 5 heteroatoms. The molecule has 3 heterocycles. The highest BCUT2D eigenvalue weighted by atomic mass is 32.1. The van der Waals surface area contributed by atoms with E-state index >= 15 is 0 Å². The lowest BCUT2D eigenvalue weighted by Gasteiger charge is -2.48. The topological polar surface area (TPSA) is 6.48 Å². The number of fused-ring (bicyclic) bond motifs is 9. The second-order valence-corrected chi connectivity index (χ2v) is 34.0. The number of nitrogens with zero attached hydrogens (tertiary/aromatic N) is 2. The zero-order valence-electron chi connectivity index (χ0n) is 45.9. The maximum absolute atomic E-state index is 2.78. The zero-order chi connectivity index (χ0) is 50.3. The van der Waals surface area contributed by atoms with Crippen LogP contribution in [0.2, 0.25) is 19.6 Å². The van der Waals surface area contributed by atoms with E-state index in [4.69, 9.17) is 0 Å². The second-order valence-electron chi connectivity index (χ2n) is 27.9. The van der Waals surface area contributed by atoms with Crippen LogP contribution in [0.1, 0.15) is 161 Å². The molecule has 71 heavy (non-hydrogen) atoms. The number of aryl methyl sites for hydroxylation is 1. The van der Waals surface area contributed by atoms with Gasteiger partial charge in [-0.2, -0.15) is 0 Å².